The van der Waals surface area contributed by atoms with Gasteiger partial charge in [-0.1, -0.05) is 6.07 Å². The molecule has 94 valence electrons. The maximum Gasteiger partial charge on any atom is 0.224 e. The highest BCUT2D eigenvalue weighted by Gasteiger charge is 2.23. The van der Waals surface area contributed by atoms with Crippen molar-refractivity contribution in [1.82, 2.24) is 10.3 Å². The summed E-state index contributed by atoms with van der Waals surface area (Å²) in [6.45, 7) is 0. The van der Waals surface area contributed by atoms with Crippen LogP contribution < -0.4 is 10.1 Å². The van der Waals surface area contributed by atoms with Crippen molar-refractivity contribution in [2.24, 2.45) is 0 Å². The maximum atomic E-state index is 11.8. The van der Waals surface area contributed by atoms with Crippen LogP contribution >= 0.6 is 0 Å². The van der Waals surface area contributed by atoms with Gasteiger partial charge >= 0.3 is 0 Å². The minimum atomic E-state index is 0.0873. The molecule has 0 atom stereocenters. The van der Waals surface area contributed by atoms with Gasteiger partial charge in [-0.15, -0.1) is 0 Å². The van der Waals surface area contributed by atoms with Crippen LogP contribution in [0.3, 0.4) is 0 Å². The van der Waals surface area contributed by atoms with Crippen molar-refractivity contribution in [3.8, 4) is 5.75 Å². The third kappa shape index (κ3) is 2.06. The highest BCUT2D eigenvalue weighted by Crippen LogP contribution is 2.29. The fraction of sp³-hybridized carbons (Fsp3) is 0.357. The molecule has 2 N–H and O–H groups in total. The fourth-order valence-electron chi connectivity index (χ4n) is 2.21. The number of carbonyl (C=O) groups is 1. The molecule has 0 saturated heterocycles. The zero-order chi connectivity index (χ0) is 12.5. The average molecular weight is 244 g/mol. The second-order valence-corrected chi connectivity index (χ2v) is 4.72. The molecule has 1 aliphatic carbocycles. The summed E-state index contributed by atoms with van der Waals surface area (Å²) in [5, 5.41) is 4.01. The normalized spacial score (nSPS) is 14.7. The van der Waals surface area contributed by atoms with Crippen LogP contribution in [0.4, 0.5) is 0 Å². The molecule has 1 fully saturated rings. The third-order valence-electron chi connectivity index (χ3n) is 3.26. The van der Waals surface area contributed by atoms with Gasteiger partial charge < -0.3 is 15.0 Å². The van der Waals surface area contributed by atoms with Gasteiger partial charge in [0.15, 0.2) is 0 Å². The molecular weight excluding hydrogens is 228 g/mol. The Hall–Kier alpha value is -1.97. The molecule has 1 heterocycles. The van der Waals surface area contributed by atoms with Crippen molar-refractivity contribution in [2.75, 3.05) is 7.11 Å². The summed E-state index contributed by atoms with van der Waals surface area (Å²) in [5.74, 6) is 0.896. The molecule has 1 amide bonds. The quantitative estimate of drug-likeness (QED) is 0.864. The van der Waals surface area contributed by atoms with Gasteiger partial charge in [0, 0.05) is 23.1 Å². The van der Waals surface area contributed by atoms with Crippen LogP contribution in [-0.4, -0.2) is 24.0 Å². The molecule has 1 aliphatic rings. The summed E-state index contributed by atoms with van der Waals surface area (Å²) in [5.41, 5.74) is 1.99. The number of hydrogen-bond donors (Lipinski definition) is 2. The Balaban J connectivity index is 1.88. The second kappa shape index (κ2) is 4.37. The van der Waals surface area contributed by atoms with E-state index in [2.05, 4.69) is 10.3 Å². The van der Waals surface area contributed by atoms with Crippen LogP contribution in [0.25, 0.3) is 10.9 Å². The Kier molecular flexibility index (Phi) is 2.70. The summed E-state index contributed by atoms with van der Waals surface area (Å²) in [4.78, 5) is 15.0. The van der Waals surface area contributed by atoms with Gasteiger partial charge in [-0.05, 0) is 30.5 Å². The first-order valence-electron chi connectivity index (χ1n) is 6.20. The van der Waals surface area contributed by atoms with Crippen LogP contribution in [0.2, 0.25) is 0 Å². The van der Waals surface area contributed by atoms with E-state index in [9.17, 15) is 4.79 Å². The lowest BCUT2D eigenvalue weighted by molar-refractivity contribution is -0.120. The number of carbonyl (C=O) groups excluding carboxylic acids is 1. The molecule has 0 aliphatic heterocycles. The highest BCUT2D eigenvalue weighted by molar-refractivity contribution is 5.93. The zero-order valence-electron chi connectivity index (χ0n) is 10.3. The Labute approximate surface area is 105 Å². The van der Waals surface area contributed by atoms with Crippen molar-refractivity contribution in [3.63, 3.8) is 0 Å². The minimum absolute atomic E-state index is 0.0873. The average Bonchev–Trinajstić information content (AvgIpc) is 3.09. The van der Waals surface area contributed by atoms with Gasteiger partial charge in [-0.2, -0.15) is 0 Å². The molecule has 0 radical (unpaired) electrons. The number of amides is 1. The van der Waals surface area contributed by atoms with E-state index in [0.29, 0.717) is 12.5 Å². The van der Waals surface area contributed by atoms with Crippen LogP contribution in [0.5, 0.6) is 5.75 Å². The number of methoxy groups -OCH3 is 1. The monoisotopic (exact) mass is 244 g/mol. The van der Waals surface area contributed by atoms with E-state index in [0.717, 1.165) is 35.1 Å². The Morgan fingerprint density at radius 3 is 3.06 bits per heavy atom. The predicted octanol–water partition coefficient (Wildman–Crippen LogP) is 2.00. The Morgan fingerprint density at radius 2 is 2.33 bits per heavy atom. The number of H-pyrrole nitrogens is 1. The molecule has 18 heavy (non-hydrogen) atoms. The summed E-state index contributed by atoms with van der Waals surface area (Å²) in [6.07, 6.45) is 4.52. The van der Waals surface area contributed by atoms with E-state index in [-0.39, 0.29) is 5.91 Å². The second-order valence-electron chi connectivity index (χ2n) is 4.72. The molecule has 4 heteroatoms. The Bertz CT molecular complexity index is 584. The fourth-order valence-corrected chi connectivity index (χ4v) is 2.21. The van der Waals surface area contributed by atoms with E-state index in [1.807, 2.05) is 24.4 Å². The van der Waals surface area contributed by atoms with Crippen LogP contribution in [0, 0.1) is 0 Å². The molecule has 2 aromatic rings. The first-order chi connectivity index (χ1) is 8.78. The lowest BCUT2D eigenvalue weighted by Crippen LogP contribution is -2.26. The summed E-state index contributed by atoms with van der Waals surface area (Å²) in [6, 6.07) is 6.24. The van der Waals surface area contributed by atoms with Crippen molar-refractivity contribution < 1.29 is 9.53 Å². The maximum absolute atomic E-state index is 11.8. The highest BCUT2D eigenvalue weighted by atomic mass is 16.5. The molecule has 1 saturated carbocycles. The number of benzene rings is 1. The topological polar surface area (TPSA) is 54.1 Å². The zero-order valence-corrected chi connectivity index (χ0v) is 10.3. The van der Waals surface area contributed by atoms with Gasteiger partial charge in [0.1, 0.15) is 5.75 Å². The minimum Gasteiger partial charge on any atom is -0.496 e. The largest absolute Gasteiger partial charge is 0.496 e. The van der Waals surface area contributed by atoms with E-state index in [1.165, 1.54) is 0 Å². The number of ether oxygens (including phenoxy) is 1. The standard InChI is InChI=1S/C14H16N2O2/c1-18-12-4-2-3-11-14(12)9(8-15-11)7-13(17)16-10-5-6-10/h2-4,8,10,15H,5-7H2,1H3,(H,16,17). The molecule has 1 aromatic carbocycles. The predicted molar refractivity (Wildman–Crippen MR) is 69.7 cm³/mol. The molecule has 4 nitrogen and oxygen atoms in total. The number of hydrogen-bond acceptors (Lipinski definition) is 2. The lowest BCUT2D eigenvalue weighted by atomic mass is 10.1. The summed E-state index contributed by atoms with van der Waals surface area (Å²) in [7, 11) is 1.65. The van der Waals surface area contributed by atoms with E-state index in [4.69, 9.17) is 4.74 Å². The SMILES string of the molecule is COc1cccc2[nH]cc(CC(=O)NC3CC3)c12. The summed E-state index contributed by atoms with van der Waals surface area (Å²) >= 11 is 0. The molecule has 0 bridgehead atoms. The molecule has 0 spiro atoms. The number of nitrogens with one attached hydrogen (secondary N) is 2. The van der Waals surface area contributed by atoms with E-state index >= 15 is 0 Å². The van der Waals surface area contributed by atoms with E-state index in [1.54, 1.807) is 7.11 Å². The van der Waals surface area contributed by atoms with Crippen LogP contribution in [0.15, 0.2) is 24.4 Å². The molecule has 0 unspecified atom stereocenters. The smallest absolute Gasteiger partial charge is 0.224 e. The molecule has 3 rings (SSSR count). The van der Waals surface area contributed by atoms with Gasteiger partial charge in [0.2, 0.25) is 5.91 Å². The van der Waals surface area contributed by atoms with Crippen molar-refractivity contribution in [2.45, 2.75) is 25.3 Å². The van der Waals surface area contributed by atoms with Crippen LogP contribution in [-0.2, 0) is 11.2 Å². The lowest BCUT2D eigenvalue weighted by Gasteiger charge is -2.05. The first kappa shape index (κ1) is 11.1. The number of aromatic nitrogens is 1. The van der Waals surface area contributed by atoms with Gasteiger partial charge in [-0.3, -0.25) is 4.79 Å². The summed E-state index contributed by atoms with van der Waals surface area (Å²) < 4.78 is 5.35. The van der Waals surface area contributed by atoms with Gasteiger partial charge in [0.05, 0.1) is 13.5 Å². The van der Waals surface area contributed by atoms with Crippen molar-refractivity contribution >= 4 is 16.8 Å². The number of rotatable bonds is 4. The van der Waals surface area contributed by atoms with Gasteiger partial charge in [-0.25, -0.2) is 0 Å². The third-order valence-corrected chi connectivity index (χ3v) is 3.26. The molecule has 1 aromatic heterocycles. The van der Waals surface area contributed by atoms with Crippen molar-refractivity contribution in [1.29, 1.82) is 0 Å². The Morgan fingerprint density at radius 1 is 1.50 bits per heavy atom. The van der Waals surface area contributed by atoms with Crippen LogP contribution in [0.1, 0.15) is 18.4 Å². The first-order valence-corrected chi connectivity index (χ1v) is 6.20. The van der Waals surface area contributed by atoms with Crippen molar-refractivity contribution in [3.05, 3.63) is 30.0 Å². The van der Waals surface area contributed by atoms with Gasteiger partial charge in [0.25, 0.3) is 0 Å². The molecular formula is C14H16N2O2. The van der Waals surface area contributed by atoms with E-state index < -0.39 is 0 Å². The number of aromatic amines is 1. The number of fused-ring (bicyclic) bond motifs is 1.